The molecule has 8 heteroatoms. The fraction of sp³-hybridized carbons (Fsp3) is 0.500. The van der Waals surface area contributed by atoms with E-state index in [1.807, 2.05) is 24.1 Å². The normalized spacial score (nSPS) is 15.3. The van der Waals surface area contributed by atoms with Gasteiger partial charge in [-0.3, -0.25) is 4.79 Å². The molecule has 2 aromatic heterocycles. The summed E-state index contributed by atoms with van der Waals surface area (Å²) >= 11 is 7.34. The number of piperidine rings is 1. The van der Waals surface area contributed by atoms with E-state index in [-0.39, 0.29) is 18.3 Å². The molecule has 0 unspecified atom stereocenters. The largest absolute Gasteiger partial charge is 0.355 e. The average molecular weight is 390 g/mol. The van der Waals surface area contributed by atoms with Crippen molar-refractivity contribution in [3.05, 3.63) is 28.2 Å². The Hall–Kier alpha value is -1.08. The Labute approximate surface area is 156 Å². The summed E-state index contributed by atoms with van der Waals surface area (Å²) < 4.78 is 5.98. The van der Waals surface area contributed by atoms with E-state index >= 15 is 0 Å². The molecule has 132 valence electrons. The van der Waals surface area contributed by atoms with Crippen LogP contribution in [0.25, 0.3) is 10.6 Å². The van der Waals surface area contributed by atoms with Crippen LogP contribution in [0, 0.1) is 5.92 Å². The summed E-state index contributed by atoms with van der Waals surface area (Å²) in [6.45, 7) is 2.62. The molecule has 0 aliphatic carbocycles. The monoisotopic (exact) mass is 389 g/mol. The molecule has 1 amide bonds. The van der Waals surface area contributed by atoms with Gasteiger partial charge in [-0.2, -0.15) is 0 Å². The number of halogens is 2. The van der Waals surface area contributed by atoms with Crippen LogP contribution in [0.3, 0.4) is 0 Å². The Morgan fingerprint density at radius 2 is 2.21 bits per heavy atom. The van der Waals surface area contributed by atoms with Crippen molar-refractivity contribution in [3.8, 4) is 10.6 Å². The minimum atomic E-state index is -0.0466. The molecule has 1 aliphatic rings. The predicted molar refractivity (Wildman–Crippen MR) is 99.2 cm³/mol. The Kier molecular flexibility index (Phi) is 7.10. The number of likely N-dealkylation sites (tertiary alicyclic amines) is 1. The highest BCUT2D eigenvalue weighted by Gasteiger charge is 2.25. The number of carbonyl (C=O) groups excluding carboxylic acids is 1. The second-order valence-electron chi connectivity index (χ2n) is 5.81. The van der Waals surface area contributed by atoms with Crippen molar-refractivity contribution in [3.63, 3.8) is 0 Å². The molecule has 0 aromatic carbocycles. The molecule has 1 saturated heterocycles. The molecule has 0 saturated carbocycles. The van der Waals surface area contributed by atoms with Crippen LogP contribution in [-0.4, -0.2) is 42.6 Å². The summed E-state index contributed by atoms with van der Waals surface area (Å²) in [5.41, 5.74) is 0.373. The predicted octanol–water partition coefficient (Wildman–Crippen LogP) is 3.94. The van der Waals surface area contributed by atoms with Crippen molar-refractivity contribution in [2.24, 2.45) is 5.92 Å². The first kappa shape index (κ1) is 19.2. The highest BCUT2D eigenvalue weighted by molar-refractivity contribution is 7.19. The number of amides is 1. The number of hydrogen-bond donors (Lipinski definition) is 1. The van der Waals surface area contributed by atoms with Crippen molar-refractivity contribution in [1.29, 1.82) is 0 Å². The maximum absolute atomic E-state index is 12.5. The van der Waals surface area contributed by atoms with Crippen LogP contribution in [0.5, 0.6) is 0 Å². The zero-order chi connectivity index (χ0) is 16.2. The third-order valence-electron chi connectivity index (χ3n) is 4.25. The van der Waals surface area contributed by atoms with E-state index in [0.717, 1.165) is 37.4 Å². The zero-order valence-electron chi connectivity index (χ0n) is 13.5. The van der Waals surface area contributed by atoms with E-state index in [1.165, 1.54) is 17.8 Å². The fourth-order valence-electron chi connectivity index (χ4n) is 2.87. The number of nitrogens with one attached hydrogen (secondary N) is 1. The topological polar surface area (TPSA) is 58.4 Å². The Bertz CT molecular complexity index is 666. The van der Waals surface area contributed by atoms with Crippen molar-refractivity contribution >= 4 is 41.3 Å². The number of rotatable bonds is 5. The number of hydrogen-bond acceptors (Lipinski definition) is 5. The van der Waals surface area contributed by atoms with Gasteiger partial charge in [0.2, 0.25) is 0 Å². The lowest BCUT2D eigenvalue weighted by Crippen LogP contribution is -2.39. The van der Waals surface area contributed by atoms with Gasteiger partial charge in [0, 0.05) is 19.2 Å². The van der Waals surface area contributed by atoms with Crippen LogP contribution in [0.1, 0.15) is 29.8 Å². The third-order valence-corrected chi connectivity index (χ3v) is 5.50. The van der Waals surface area contributed by atoms with Gasteiger partial charge in [-0.15, -0.1) is 23.7 Å². The second kappa shape index (κ2) is 8.85. The zero-order valence-corrected chi connectivity index (χ0v) is 15.8. The van der Waals surface area contributed by atoms with Gasteiger partial charge in [0.1, 0.15) is 0 Å². The molecule has 1 aliphatic heterocycles. The van der Waals surface area contributed by atoms with E-state index in [4.69, 9.17) is 16.1 Å². The SMILES string of the molecule is CNCCC1CCN(C(=O)c2cc(-c3ccc(Cl)s3)on2)CC1.Cl. The highest BCUT2D eigenvalue weighted by atomic mass is 35.5. The maximum atomic E-state index is 12.5. The van der Waals surface area contributed by atoms with Gasteiger partial charge in [-0.1, -0.05) is 16.8 Å². The van der Waals surface area contributed by atoms with Gasteiger partial charge >= 0.3 is 0 Å². The van der Waals surface area contributed by atoms with Gasteiger partial charge in [0.15, 0.2) is 11.5 Å². The number of nitrogens with zero attached hydrogens (tertiary/aromatic N) is 2. The lowest BCUT2D eigenvalue weighted by Gasteiger charge is -2.31. The third kappa shape index (κ3) is 4.51. The Balaban J connectivity index is 0.00000208. The van der Waals surface area contributed by atoms with Crippen LogP contribution in [0.2, 0.25) is 4.34 Å². The van der Waals surface area contributed by atoms with Crippen molar-refractivity contribution in [2.75, 3.05) is 26.7 Å². The van der Waals surface area contributed by atoms with E-state index in [2.05, 4.69) is 10.5 Å². The van der Waals surface area contributed by atoms with E-state index < -0.39 is 0 Å². The number of thiophene rings is 1. The van der Waals surface area contributed by atoms with E-state index in [9.17, 15) is 4.79 Å². The van der Waals surface area contributed by atoms with Gasteiger partial charge in [-0.25, -0.2) is 0 Å². The fourth-order valence-corrected chi connectivity index (χ4v) is 3.87. The highest BCUT2D eigenvalue weighted by Crippen LogP contribution is 2.31. The molecular formula is C16H21Cl2N3O2S. The Morgan fingerprint density at radius 1 is 1.46 bits per heavy atom. The van der Waals surface area contributed by atoms with Crippen LogP contribution < -0.4 is 5.32 Å². The van der Waals surface area contributed by atoms with E-state index in [1.54, 1.807) is 6.07 Å². The average Bonchev–Trinajstić information content (AvgIpc) is 3.21. The summed E-state index contributed by atoms with van der Waals surface area (Å²) in [4.78, 5) is 15.3. The number of aromatic nitrogens is 1. The molecule has 0 atom stereocenters. The quantitative estimate of drug-likeness (QED) is 0.840. The van der Waals surface area contributed by atoms with Crippen LogP contribution in [0.4, 0.5) is 0 Å². The molecule has 2 aromatic rings. The first-order valence-corrected chi connectivity index (χ1v) is 9.03. The summed E-state index contributed by atoms with van der Waals surface area (Å²) in [7, 11) is 1.97. The lowest BCUT2D eigenvalue weighted by atomic mass is 9.93. The van der Waals surface area contributed by atoms with Gasteiger partial charge in [0.05, 0.1) is 9.21 Å². The molecule has 24 heavy (non-hydrogen) atoms. The number of carbonyl (C=O) groups is 1. The van der Waals surface area contributed by atoms with Crippen LogP contribution >= 0.6 is 35.3 Å². The molecule has 0 bridgehead atoms. The molecule has 3 rings (SSSR count). The summed E-state index contributed by atoms with van der Waals surface area (Å²) in [5.74, 6) is 1.25. The van der Waals surface area contributed by atoms with Gasteiger partial charge in [0.25, 0.3) is 5.91 Å². The van der Waals surface area contributed by atoms with Crippen LogP contribution in [0.15, 0.2) is 22.7 Å². The van der Waals surface area contributed by atoms with Gasteiger partial charge in [-0.05, 0) is 50.9 Å². The second-order valence-corrected chi connectivity index (χ2v) is 7.52. The van der Waals surface area contributed by atoms with Gasteiger partial charge < -0.3 is 14.7 Å². The molecule has 0 radical (unpaired) electrons. The Morgan fingerprint density at radius 3 is 2.83 bits per heavy atom. The molecule has 3 heterocycles. The van der Waals surface area contributed by atoms with Crippen LogP contribution in [-0.2, 0) is 0 Å². The molecule has 0 spiro atoms. The molecular weight excluding hydrogens is 369 g/mol. The summed E-state index contributed by atoms with van der Waals surface area (Å²) in [5, 5.41) is 7.12. The molecule has 5 nitrogen and oxygen atoms in total. The smallest absolute Gasteiger partial charge is 0.276 e. The summed E-state index contributed by atoms with van der Waals surface area (Å²) in [6, 6.07) is 5.38. The standard InChI is InChI=1S/C16H20ClN3O2S.ClH/c1-18-7-4-11-5-8-20(9-6-11)16(21)12-10-13(22-19-12)14-2-3-15(17)23-14;/h2-3,10-11,18H,4-9H2,1H3;1H. The lowest BCUT2D eigenvalue weighted by molar-refractivity contribution is 0.0677. The molecule has 1 fully saturated rings. The summed E-state index contributed by atoms with van der Waals surface area (Å²) in [6.07, 6.45) is 3.28. The van der Waals surface area contributed by atoms with Crippen molar-refractivity contribution < 1.29 is 9.32 Å². The first-order valence-electron chi connectivity index (χ1n) is 7.83. The first-order chi connectivity index (χ1) is 11.2. The molecule has 1 N–H and O–H groups in total. The minimum Gasteiger partial charge on any atom is -0.355 e. The minimum absolute atomic E-state index is 0. The van der Waals surface area contributed by atoms with Crippen molar-refractivity contribution in [2.45, 2.75) is 19.3 Å². The van der Waals surface area contributed by atoms with Crippen molar-refractivity contribution in [1.82, 2.24) is 15.4 Å². The van der Waals surface area contributed by atoms with E-state index in [0.29, 0.717) is 21.7 Å². The maximum Gasteiger partial charge on any atom is 0.276 e.